The first-order chi connectivity index (χ1) is 9.49. The molecule has 0 aliphatic rings. The van der Waals surface area contributed by atoms with E-state index in [1.165, 1.54) is 23.1 Å². The number of aryl methyl sites for hydroxylation is 1. The number of nitro groups is 1. The number of aromatic amines is 1. The molecule has 1 aromatic heterocycles. The van der Waals surface area contributed by atoms with E-state index in [0.29, 0.717) is 23.5 Å². The van der Waals surface area contributed by atoms with Gasteiger partial charge in [-0.05, 0) is 18.6 Å². The van der Waals surface area contributed by atoms with E-state index in [2.05, 4.69) is 9.97 Å². The second-order valence-corrected chi connectivity index (χ2v) is 4.45. The predicted molar refractivity (Wildman–Crippen MR) is 72.2 cm³/mol. The Bertz CT molecular complexity index is 637. The average molecular weight is 274 g/mol. The Morgan fingerprint density at radius 2 is 2.25 bits per heavy atom. The van der Waals surface area contributed by atoms with E-state index in [4.69, 9.17) is 0 Å². The van der Waals surface area contributed by atoms with Crippen LogP contribution in [0.15, 0.2) is 30.6 Å². The summed E-state index contributed by atoms with van der Waals surface area (Å²) in [4.78, 5) is 31.0. The number of nitrogens with zero attached hydrogens (tertiary/aromatic N) is 3. The van der Waals surface area contributed by atoms with Crippen molar-refractivity contribution in [3.05, 3.63) is 57.7 Å². The average Bonchev–Trinajstić information content (AvgIpc) is 2.90. The molecule has 0 aliphatic carbocycles. The van der Waals surface area contributed by atoms with E-state index >= 15 is 0 Å². The van der Waals surface area contributed by atoms with Crippen LogP contribution in [-0.4, -0.2) is 32.7 Å². The van der Waals surface area contributed by atoms with Gasteiger partial charge in [-0.2, -0.15) is 0 Å². The van der Waals surface area contributed by atoms with Crippen LogP contribution in [0, 0.1) is 17.0 Å². The van der Waals surface area contributed by atoms with Crippen molar-refractivity contribution in [1.82, 2.24) is 14.9 Å². The monoisotopic (exact) mass is 274 g/mol. The quantitative estimate of drug-likeness (QED) is 0.680. The number of non-ortho nitro benzene ring substituents is 1. The van der Waals surface area contributed by atoms with Gasteiger partial charge in [0.05, 0.1) is 11.5 Å². The SMILES string of the molecule is Cc1cc([N+](=O)[O-])ccc1C(=O)N(C)Cc1ncc[nH]1. The lowest BCUT2D eigenvalue weighted by Crippen LogP contribution is -2.27. The Balaban J connectivity index is 2.18. The van der Waals surface area contributed by atoms with Crippen molar-refractivity contribution in [3.63, 3.8) is 0 Å². The Hall–Kier alpha value is -2.70. The fourth-order valence-electron chi connectivity index (χ4n) is 1.89. The number of aromatic nitrogens is 2. The van der Waals surface area contributed by atoms with Gasteiger partial charge < -0.3 is 9.88 Å². The molecule has 0 saturated heterocycles. The molecule has 1 amide bonds. The zero-order valence-electron chi connectivity index (χ0n) is 11.2. The summed E-state index contributed by atoms with van der Waals surface area (Å²) < 4.78 is 0. The highest BCUT2D eigenvalue weighted by Gasteiger charge is 2.17. The molecule has 0 unspecified atom stereocenters. The third-order valence-electron chi connectivity index (χ3n) is 2.94. The van der Waals surface area contributed by atoms with Gasteiger partial charge >= 0.3 is 0 Å². The molecule has 2 aromatic rings. The van der Waals surface area contributed by atoms with Crippen molar-refractivity contribution < 1.29 is 9.72 Å². The third kappa shape index (κ3) is 2.82. The fraction of sp³-hybridized carbons (Fsp3) is 0.231. The summed E-state index contributed by atoms with van der Waals surface area (Å²) in [5.74, 6) is 0.481. The summed E-state index contributed by atoms with van der Waals surface area (Å²) in [5, 5.41) is 10.7. The lowest BCUT2D eigenvalue weighted by molar-refractivity contribution is -0.384. The summed E-state index contributed by atoms with van der Waals surface area (Å²) in [6, 6.07) is 4.21. The minimum atomic E-state index is -0.478. The molecule has 0 bridgehead atoms. The minimum Gasteiger partial charge on any atom is -0.347 e. The first-order valence-corrected chi connectivity index (χ1v) is 5.98. The normalized spacial score (nSPS) is 10.3. The maximum atomic E-state index is 12.3. The van der Waals surface area contributed by atoms with E-state index < -0.39 is 4.92 Å². The number of H-pyrrole nitrogens is 1. The van der Waals surface area contributed by atoms with Crippen molar-refractivity contribution in [3.8, 4) is 0 Å². The molecule has 0 saturated carbocycles. The summed E-state index contributed by atoms with van der Waals surface area (Å²) in [5.41, 5.74) is 1.01. The van der Waals surface area contributed by atoms with Crippen LogP contribution in [0.3, 0.4) is 0 Å². The predicted octanol–water partition coefficient (Wildman–Crippen LogP) is 1.90. The van der Waals surface area contributed by atoms with Crippen molar-refractivity contribution >= 4 is 11.6 Å². The molecule has 2 rings (SSSR count). The molecule has 0 spiro atoms. The number of rotatable bonds is 4. The lowest BCUT2D eigenvalue weighted by Gasteiger charge is -2.17. The van der Waals surface area contributed by atoms with Crippen LogP contribution in [0.5, 0.6) is 0 Å². The van der Waals surface area contributed by atoms with Crippen molar-refractivity contribution in [1.29, 1.82) is 0 Å². The van der Waals surface area contributed by atoms with Gasteiger partial charge in [0.2, 0.25) is 0 Å². The number of carbonyl (C=O) groups is 1. The largest absolute Gasteiger partial charge is 0.347 e. The van der Waals surface area contributed by atoms with Gasteiger partial charge in [0.15, 0.2) is 0 Å². The highest BCUT2D eigenvalue weighted by molar-refractivity contribution is 5.95. The van der Waals surface area contributed by atoms with E-state index in [0.717, 1.165) is 0 Å². The maximum Gasteiger partial charge on any atom is 0.269 e. The molecule has 7 nitrogen and oxygen atoms in total. The van der Waals surface area contributed by atoms with E-state index in [1.807, 2.05) is 0 Å². The third-order valence-corrected chi connectivity index (χ3v) is 2.94. The number of amides is 1. The Labute approximate surface area is 115 Å². The van der Waals surface area contributed by atoms with Crippen molar-refractivity contribution in [2.75, 3.05) is 7.05 Å². The molecule has 0 radical (unpaired) electrons. The van der Waals surface area contributed by atoms with Gasteiger partial charge in [0, 0.05) is 37.1 Å². The van der Waals surface area contributed by atoms with Crippen LogP contribution in [0.25, 0.3) is 0 Å². The summed E-state index contributed by atoms with van der Waals surface area (Å²) in [7, 11) is 1.66. The second-order valence-electron chi connectivity index (χ2n) is 4.45. The van der Waals surface area contributed by atoms with Gasteiger partial charge in [0.25, 0.3) is 11.6 Å². The number of imidazole rings is 1. The second kappa shape index (κ2) is 5.52. The molecular weight excluding hydrogens is 260 g/mol. The molecule has 0 fully saturated rings. The van der Waals surface area contributed by atoms with Crippen LogP contribution >= 0.6 is 0 Å². The first kappa shape index (κ1) is 13.7. The molecule has 1 N–H and O–H groups in total. The van der Waals surface area contributed by atoms with Gasteiger partial charge in [-0.15, -0.1) is 0 Å². The van der Waals surface area contributed by atoms with Gasteiger partial charge in [-0.1, -0.05) is 0 Å². The molecule has 0 atom stereocenters. The summed E-state index contributed by atoms with van der Waals surface area (Å²) in [6.45, 7) is 2.03. The van der Waals surface area contributed by atoms with E-state index in [-0.39, 0.29) is 11.6 Å². The smallest absolute Gasteiger partial charge is 0.269 e. The molecule has 0 aliphatic heterocycles. The first-order valence-electron chi connectivity index (χ1n) is 5.98. The molecule has 7 heteroatoms. The number of hydrogen-bond acceptors (Lipinski definition) is 4. The Morgan fingerprint density at radius 3 is 2.80 bits per heavy atom. The van der Waals surface area contributed by atoms with Gasteiger partial charge in [0.1, 0.15) is 5.82 Å². The molecule has 1 heterocycles. The maximum absolute atomic E-state index is 12.3. The Kier molecular flexibility index (Phi) is 3.79. The van der Waals surface area contributed by atoms with Gasteiger partial charge in [-0.25, -0.2) is 4.98 Å². The molecular formula is C13H14N4O3. The number of nitro benzene ring substituents is 1. The fourth-order valence-corrected chi connectivity index (χ4v) is 1.89. The molecule has 1 aromatic carbocycles. The number of carbonyl (C=O) groups excluding carboxylic acids is 1. The highest BCUT2D eigenvalue weighted by atomic mass is 16.6. The van der Waals surface area contributed by atoms with E-state index in [1.54, 1.807) is 26.4 Å². The van der Waals surface area contributed by atoms with Crippen LogP contribution in [0.4, 0.5) is 5.69 Å². The van der Waals surface area contributed by atoms with Crippen molar-refractivity contribution in [2.45, 2.75) is 13.5 Å². The van der Waals surface area contributed by atoms with Crippen LogP contribution in [-0.2, 0) is 6.54 Å². The highest BCUT2D eigenvalue weighted by Crippen LogP contribution is 2.18. The van der Waals surface area contributed by atoms with E-state index in [9.17, 15) is 14.9 Å². The summed E-state index contributed by atoms with van der Waals surface area (Å²) in [6.07, 6.45) is 3.30. The minimum absolute atomic E-state index is 0.0206. The number of benzene rings is 1. The van der Waals surface area contributed by atoms with Crippen molar-refractivity contribution in [2.24, 2.45) is 0 Å². The summed E-state index contributed by atoms with van der Waals surface area (Å²) >= 11 is 0. The molecule has 20 heavy (non-hydrogen) atoms. The zero-order valence-corrected chi connectivity index (χ0v) is 11.2. The lowest BCUT2D eigenvalue weighted by atomic mass is 10.1. The topological polar surface area (TPSA) is 92.1 Å². The number of nitrogens with one attached hydrogen (secondary N) is 1. The molecule has 104 valence electrons. The van der Waals surface area contributed by atoms with Gasteiger partial charge in [-0.3, -0.25) is 14.9 Å². The van der Waals surface area contributed by atoms with Crippen LogP contribution in [0.2, 0.25) is 0 Å². The van der Waals surface area contributed by atoms with Crippen LogP contribution < -0.4 is 0 Å². The standard InChI is InChI=1S/C13H14N4O3/c1-9-7-10(17(19)20)3-4-11(9)13(18)16(2)8-12-14-5-6-15-12/h3-7H,8H2,1-2H3,(H,14,15). The Morgan fingerprint density at radius 1 is 1.50 bits per heavy atom. The number of hydrogen-bond donors (Lipinski definition) is 1. The zero-order chi connectivity index (χ0) is 14.7. The van der Waals surface area contributed by atoms with Crippen LogP contribution in [0.1, 0.15) is 21.7 Å².